The van der Waals surface area contributed by atoms with Crippen molar-refractivity contribution < 1.29 is 9.53 Å². The Morgan fingerprint density at radius 2 is 1.89 bits per heavy atom. The molecule has 1 N–H and O–H groups in total. The quantitative estimate of drug-likeness (QED) is 0.549. The molecule has 0 bridgehead atoms. The first-order valence-corrected chi connectivity index (χ1v) is 9.25. The number of fused-ring (bicyclic) bond motifs is 1. The molecule has 0 saturated carbocycles. The van der Waals surface area contributed by atoms with E-state index < -0.39 is 0 Å². The van der Waals surface area contributed by atoms with Gasteiger partial charge in [-0.3, -0.25) is 9.78 Å². The predicted octanol–water partition coefficient (Wildman–Crippen LogP) is 4.93. The Morgan fingerprint density at radius 1 is 1.07 bits per heavy atom. The smallest absolute Gasteiger partial charge is 0.275 e. The van der Waals surface area contributed by atoms with Gasteiger partial charge in [-0.25, -0.2) is 4.98 Å². The second kappa shape index (κ2) is 7.17. The van der Waals surface area contributed by atoms with Crippen LogP contribution in [0.3, 0.4) is 0 Å². The van der Waals surface area contributed by atoms with E-state index in [0.29, 0.717) is 22.6 Å². The van der Waals surface area contributed by atoms with E-state index in [1.807, 2.05) is 55.5 Å². The van der Waals surface area contributed by atoms with Crippen LogP contribution >= 0.6 is 11.3 Å². The van der Waals surface area contributed by atoms with Gasteiger partial charge in [-0.15, -0.1) is 11.3 Å². The van der Waals surface area contributed by atoms with Crippen LogP contribution in [0.1, 0.15) is 15.5 Å². The third-order valence-electron chi connectivity index (χ3n) is 4.19. The molecule has 0 spiro atoms. The van der Waals surface area contributed by atoms with E-state index in [0.717, 1.165) is 20.8 Å². The first-order chi connectivity index (χ1) is 13.2. The van der Waals surface area contributed by atoms with Crippen molar-refractivity contribution in [3.8, 4) is 16.2 Å². The average Bonchev–Trinajstić information content (AvgIpc) is 3.11. The largest absolute Gasteiger partial charge is 0.494 e. The minimum absolute atomic E-state index is 0.242. The van der Waals surface area contributed by atoms with Crippen molar-refractivity contribution in [2.45, 2.75) is 6.92 Å². The summed E-state index contributed by atoms with van der Waals surface area (Å²) in [6.45, 7) is 1.90. The maximum Gasteiger partial charge on any atom is 0.275 e. The molecular formula is C21H17N3O2S. The number of anilines is 1. The number of benzene rings is 2. The lowest BCUT2D eigenvalue weighted by molar-refractivity contribution is 0.102. The van der Waals surface area contributed by atoms with Gasteiger partial charge in [0.1, 0.15) is 17.0 Å². The van der Waals surface area contributed by atoms with E-state index in [2.05, 4.69) is 15.3 Å². The van der Waals surface area contributed by atoms with Crippen LogP contribution < -0.4 is 10.1 Å². The highest BCUT2D eigenvalue weighted by molar-refractivity contribution is 7.15. The van der Waals surface area contributed by atoms with Crippen LogP contribution in [-0.2, 0) is 0 Å². The van der Waals surface area contributed by atoms with Gasteiger partial charge in [0.15, 0.2) is 0 Å². The Kier molecular flexibility index (Phi) is 4.56. The van der Waals surface area contributed by atoms with Crippen LogP contribution in [0.2, 0.25) is 0 Å². The molecule has 6 heteroatoms. The number of aryl methyl sites for hydroxylation is 1. The van der Waals surface area contributed by atoms with Crippen molar-refractivity contribution >= 4 is 33.8 Å². The summed E-state index contributed by atoms with van der Waals surface area (Å²) < 4.78 is 5.37. The van der Waals surface area contributed by atoms with Gasteiger partial charge in [0.05, 0.1) is 22.7 Å². The van der Waals surface area contributed by atoms with Gasteiger partial charge in [-0.1, -0.05) is 30.3 Å². The Bertz CT molecular complexity index is 1120. The van der Waals surface area contributed by atoms with E-state index in [1.165, 1.54) is 11.3 Å². The summed E-state index contributed by atoms with van der Waals surface area (Å²) in [5, 5.41) is 4.65. The number of hydrogen-bond donors (Lipinski definition) is 1. The predicted molar refractivity (Wildman–Crippen MR) is 109 cm³/mol. The Labute approximate surface area is 160 Å². The van der Waals surface area contributed by atoms with Crippen molar-refractivity contribution in [3.05, 3.63) is 71.5 Å². The van der Waals surface area contributed by atoms with Crippen LogP contribution in [0.25, 0.3) is 21.3 Å². The Hall–Kier alpha value is -3.25. The van der Waals surface area contributed by atoms with E-state index >= 15 is 0 Å². The zero-order chi connectivity index (χ0) is 18.8. The lowest BCUT2D eigenvalue weighted by Crippen LogP contribution is -2.14. The van der Waals surface area contributed by atoms with Crippen LogP contribution in [0.5, 0.6) is 5.75 Å². The molecule has 2 aromatic heterocycles. The number of pyridine rings is 1. The fourth-order valence-corrected chi connectivity index (χ4v) is 3.89. The van der Waals surface area contributed by atoms with Crippen molar-refractivity contribution in [2.24, 2.45) is 0 Å². The lowest BCUT2D eigenvalue weighted by atomic mass is 10.1. The fourth-order valence-electron chi connectivity index (χ4n) is 2.97. The van der Waals surface area contributed by atoms with Crippen LogP contribution in [0.15, 0.2) is 60.8 Å². The molecule has 4 rings (SSSR count). The fraction of sp³-hybridized carbons (Fsp3) is 0.0952. The highest BCUT2D eigenvalue weighted by Crippen LogP contribution is 2.33. The Balaban J connectivity index is 1.73. The first-order valence-electron chi connectivity index (χ1n) is 8.43. The normalized spacial score (nSPS) is 10.7. The second-order valence-corrected chi connectivity index (χ2v) is 7.15. The number of thiazole rings is 1. The second-order valence-electron chi connectivity index (χ2n) is 5.95. The van der Waals surface area contributed by atoms with E-state index in [4.69, 9.17) is 4.74 Å². The average molecular weight is 375 g/mol. The summed E-state index contributed by atoms with van der Waals surface area (Å²) in [4.78, 5) is 22.7. The van der Waals surface area contributed by atoms with Crippen molar-refractivity contribution in [1.82, 2.24) is 9.97 Å². The topological polar surface area (TPSA) is 64.1 Å². The summed E-state index contributed by atoms with van der Waals surface area (Å²) in [5.74, 6) is 0.423. The molecule has 2 heterocycles. The molecule has 0 atom stereocenters. The van der Waals surface area contributed by atoms with Gasteiger partial charge in [-0.05, 0) is 36.8 Å². The number of nitrogens with one attached hydrogen (secondary N) is 1. The van der Waals surface area contributed by atoms with Gasteiger partial charge < -0.3 is 10.1 Å². The molecule has 0 saturated heterocycles. The molecule has 134 valence electrons. The zero-order valence-electron chi connectivity index (χ0n) is 14.9. The molecule has 0 aliphatic heterocycles. The maximum atomic E-state index is 13.0. The molecule has 1 amide bonds. The summed E-state index contributed by atoms with van der Waals surface area (Å²) in [6.07, 6.45) is 1.70. The van der Waals surface area contributed by atoms with Gasteiger partial charge in [0, 0.05) is 11.6 Å². The van der Waals surface area contributed by atoms with Crippen LogP contribution in [0.4, 0.5) is 5.69 Å². The van der Waals surface area contributed by atoms with E-state index in [9.17, 15) is 4.79 Å². The molecule has 5 nitrogen and oxygen atoms in total. The minimum Gasteiger partial charge on any atom is -0.494 e. The zero-order valence-corrected chi connectivity index (χ0v) is 15.7. The number of ether oxygens (including phenoxy) is 1. The molecule has 4 aromatic rings. The molecule has 0 unspecified atom stereocenters. The SMILES string of the molecule is COc1ccc(NC(=O)c2nc(C)sc2-c2ccccc2)c2cccnc12. The standard InChI is InChI=1S/C21H17N3O2S/c1-13-23-19(20(27-13)14-7-4-3-5-8-14)21(25)24-16-10-11-17(26-2)18-15(16)9-6-12-22-18/h3-12H,1-2H3,(H,24,25). The number of rotatable bonds is 4. The van der Waals surface area contributed by atoms with Crippen molar-refractivity contribution in [1.29, 1.82) is 0 Å². The maximum absolute atomic E-state index is 13.0. The number of nitrogens with zero attached hydrogens (tertiary/aromatic N) is 2. The summed E-state index contributed by atoms with van der Waals surface area (Å²) >= 11 is 1.51. The number of methoxy groups -OCH3 is 1. The molecule has 0 radical (unpaired) electrons. The number of carbonyl (C=O) groups excluding carboxylic acids is 1. The minimum atomic E-state index is -0.242. The first kappa shape index (κ1) is 17.2. The van der Waals surface area contributed by atoms with Gasteiger partial charge in [0.2, 0.25) is 0 Å². The number of carbonyl (C=O) groups is 1. The van der Waals surface area contributed by atoms with Crippen molar-refractivity contribution in [3.63, 3.8) is 0 Å². The van der Waals surface area contributed by atoms with Crippen molar-refractivity contribution in [2.75, 3.05) is 12.4 Å². The number of hydrogen-bond acceptors (Lipinski definition) is 5. The summed E-state index contributed by atoms with van der Waals surface area (Å²) in [6, 6.07) is 17.2. The Morgan fingerprint density at radius 3 is 2.67 bits per heavy atom. The molecular weight excluding hydrogens is 358 g/mol. The molecule has 2 aromatic carbocycles. The third-order valence-corrected chi connectivity index (χ3v) is 5.21. The van der Waals surface area contributed by atoms with Gasteiger partial charge in [0.25, 0.3) is 5.91 Å². The molecule has 0 fully saturated rings. The molecule has 27 heavy (non-hydrogen) atoms. The lowest BCUT2D eigenvalue weighted by Gasteiger charge is -2.11. The number of aromatic nitrogens is 2. The van der Waals surface area contributed by atoms with Gasteiger partial charge >= 0.3 is 0 Å². The number of amides is 1. The van der Waals surface area contributed by atoms with Crippen LogP contribution in [-0.4, -0.2) is 23.0 Å². The van der Waals surface area contributed by atoms with Crippen LogP contribution in [0, 0.1) is 6.92 Å². The monoisotopic (exact) mass is 375 g/mol. The highest BCUT2D eigenvalue weighted by Gasteiger charge is 2.19. The molecule has 0 aliphatic rings. The highest BCUT2D eigenvalue weighted by atomic mass is 32.1. The molecule has 0 aliphatic carbocycles. The van der Waals surface area contributed by atoms with Gasteiger partial charge in [-0.2, -0.15) is 0 Å². The van der Waals surface area contributed by atoms with E-state index in [-0.39, 0.29) is 5.91 Å². The van der Waals surface area contributed by atoms with E-state index in [1.54, 1.807) is 19.4 Å². The summed E-state index contributed by atoms with van der Waals surface area (Å²) in [5.41, 5.74) is 2.79. The third kappa shape index (κ3) is 3.27. The summed E-state index contributed by atoms with van der Waals surface area (Å²) in [7, 11) is 1.60.